The van der Waals surface area contributed by atoms with Gasteiger partial charge in [-0.05, 0) is 67.6 Å². The molecule has 2 aliphatic rings. The van der Waals surface area contributed by atoms with Crippen LogP contribution in [0.15, 0.2) is 48.2 Å². The molecule has 0 atom stereocenters. The van der Waals surface area contributed by atoms with Gasteiger partial charge in [0.15, 0.2) is 0 Å². The van der Waals surface area contributed by atoms with E-state index >= 15 is 0 Å². The smallest absolute Gasteiger partial charge is 0.282 e. The fraction of sp³-hybridized carbons (Fsp3) is 0.333. The van der Waals surface area contributed by atoms with Gasteiger partial charge in [-0.15, -0.1) is 0 Å². The van der Waals surface area contributed by atoms with Crippen LogP contribution >= 0.6 is 0 Å². The topological polar surface area (TPSA) is 43.9 Å². The van der Waals surface area contributed by atoms with E-state index in [0.29, 0.717) is 17.0 Å². The third-order valence-corrected chi connectivity index (χ3v) is 5.90. The van der Waals surface area contributed by atoms with Crippen LogP contribution in [0.1, 0.15) is 29.5 Å². The van der Waals surface area contributed by atoms with Gasteiger partial charge in [0.2, 0.25) is 0 Å². The lowest BCUT2D eigenvalue weighted by Crippen LogP contribution is -2.34. The third-order valence-electron chi connectivity index (χ3n) is 5.90. The van der Waals surface area contributed by atoms with E-state index in [0.717, 1.165) is 42.7 Å². The van der Waals surface area contributed by atoms with E-state index in [-0.39, 0.29) is 11.8 Å². The number of aryl methyl sites for hydroxylation is 2. The van der Waals surface area contributed by atoms with E-state index in [4.69, 9.17) is 0 Å². The standard InChI is InChI=1S/C24H27N3O2/c1-16-7-8-18(15-17(16)2)21-22(26-13-5-6-14-26)24(29)27(23(21)28)20-11-9-19(10-12-20)25(3)4/h7-12,15H,5-6,13-14H2,1-4H3. The van der Waals surface area contributed by atoms with Gasteiger partial charge in [-0.1, -0.05) is 18.2 Å². The summed E-state index contributed by atoms with van der Waals surface area (Å²) in [5, 5.41) is 0. The van der Waals surface area contributed by atoms with Crippen molar-refractivity contribution in [2.75, 3.05) is 37.0 Å². The van der Waals surface area contributed by atoms with Crippen LogP contribution in [-0.4, -0.2) is 43.9 Å². The highest BCUT2D eigenvalue weighted by molar-refractivity contribution is 6.45. The van der Waals surface area contributed by atoms with Crippen molar-refractivity contribution in [1.82, 2.24) is 4.90 Å². The highest BCUT2D eigenvalue weighted by atomic mass is 16.2. The number of likely N-dealkylation sites (tertiary alicyclic amines) is 1. The van der Waals surface area contributed by atoms with Crippen LogP contribution in [0.25, 0.3) is 5.57 Å². The first-order chi connectivity index (χ1) is 13.9. The van der Waals surface area contributed by atoms with Gasteiger partial charge in [0.25, 0.3) is 11.8 Å². The van der Waals surface area contributed by atoms with E-state index in [1.807, 2.05) is 68.4 Å². The highest BCUT2D eigenvalue weighted by Gasteiger charge is 2.43. The summed E-state index contributed by atoms with van der Waals surface area (Å²) in [6, 6.07) is 13.5. The maximum atomic E-state index is 13.5. The van der Waals surface area contributed by atoms with Crippen molar-refractivity contribution in [3.63, 3.8) is 0 Å². The summed E-state index contributed by atoms with van der Waals surface area (Å²) in [5.74, 6) is -0.458. The minimum absolute atomic E-state index is 0.220. The van der Waals surface area contributed by atoms with Crippen LogP contribution in [-0.2, 0) is 9.59 Å². The maximum absolute atomic E-state index is 13.5. The molecule has 2 aromatic rings. The van der Waals surface area contributed by atoms with E-state index in [1.165, 1.54) is 10.5 Å². The number of benzene rings is 2. The lowest BCUT2D eigenvalue weighted by atomic mass is 9.99. The van der Waals surface area contributed by atoms with Crippen molar-refractivity contribution >= 4 is 28.8 Å². The Morgan fingerprint density at radius 2 is 1.48 bits per heavy atom. The molecule has 1 fully saturated rings. The average molecular weight is 389 g/mol. The molecular formula is C24H27N3O2. The Hall–Kier alpha value is -3.08. The van der Waals surface area contributed by atoms with Crippen molar-refractivity contribution in [3.8, 4) is 0 Å². The van der Waals surface area contributed by atoms with Gasteiger partial charge < -0.3 is 9.80 Å². The van der Waals surface area contributed by atoms with Crippen LogP contribution in [0.4, 0.5) is 11.4 Å². The predicted octanol–water partition coefficient (Wildman–Crippen LogP) is 3.75. The second kappa shape index (κ2) is 7.39. The Balaban J connectivity index is 1.80. The number of hydrogen-bond acceptors (Lipinski definition) is 4. The Kier molecular flexibility index (Phi) is 4.91. The number of anilines is 2. The van der Waals surface area contributed by atoms with Crippen molar-refractivity contribution in [2.24, 2.45) is 0 Å². The number of carbonyl (C=O) groups excluding carboxylic acids is 2. The molecule has 5 heteroatoms. The lowest BCUT2D eigenvalue weighted by Gasteiger charge is -2.21. The zero-order chi connectivity index (χ0) is 20.7. The molecular weight excluding hydrogens is 362 g/mol. The van der Waals surface area contributed by atoms with E-state index in [9.17, 15) is 9.59 Å². The number of rotatable bonds is 4. The fourth-order valence-corrected chi connectivity index (χ4v) is 4.04. The molecule has 0 unspecified atom stereocenters. The first-order valence-corrected chi connectivity index (χ1v) is 10.1. The van der Waals surface area contributed by atoms with Gasteiger partial charge in [0, 0.05) is 32.9 Å². The molecule has 150 valence electrons. The van der Waals surface area contributed by atoms with Crippen molar-refractivity contribution < 1.29 is 9.59 Å². The zero-order valence-electron chi connectivity index (χ0n) is 17.5. The second-order valence-corrected chi connectivity index (χ2v) is 8.07. The minimum atomic E-state index is -0.238. The molecule has 0 aliphatic carbocycles. The van der Waals surface area contributed by atoms with Crippen LogP contribution in [0.3, 0.4) is 0 Å². The van der Waals surface area contributed by atoms with Crippen molar-refractivity contribution in [2.45, 2.75) is 26.7 Å². The molecule has 5 nitrogen and oxygen atoms in total. The van der Waals surface area contributed by atoms with Crippen molar-refractivity contribution in [3.05, 3.63) is 64.9 Å². The molecule has 0 radical (unpaired) electrons. The summed E-state index contributed by atoms with van der Waals surface area (Å²) in [4.78, 5) is 32.4. The lowest BCUT2D eigenvalue weighted by molar-refractivity contribution is -0.120. The Morgan fingerprint density at radius 1 is 0.828 bits per heavy atom. The summed E-state index contributed by atoms with van der Waals surface area (Å²) in [7, 11) is 3.93. The molecule has 0 aromatic heterocycles. The summed E-state index contributed by atoms with van der Waals surface area (Å²) >= 11 is 0. The van der Waals surface area contributed by atoms with E-state index in [1.54, 1.807) is 0 Å². The van der Waals surface area contributed by atoms with E-state index < -0.39 is 0 Å². The Labute approximate surface area is 172 Å². The quantitative estimate of drug-likeness (QED) is 0.747. The Morgan fingerprint density at radius 3 is 2.07 bits per heavy atom. The first kappa shape index (κ1) is 19.2. The molecule has 0 saturated carbocycles. The minimum Gasteiger partial charge on any atom is -0.378 e. The van der Waals surface area contributed by atoms with Crippen LogP contribution in [0.5, 0.6) is 0 Å². The number of hydrogen-bond donors (Lipinski definition) is 0. The largest absolute Gasteiger partial charge is 0.378 e. The molecule has 4 rings (SSSR count). The monoisotopic (exact) mass is 389 g/mol. The first-order valence-electron chi connectivity index (χ1n) is 10.1. The summed E-state index contributed by atoms with van der Waals surface area (Å²) in [5.41, 5.74) is 5.82. The fourth-order valence-electron chi connectivity index (χ4n) is 4.04. The average Bonchev–Trinajstić information content (AvgIpc) is 3.30. The van der Waals surface area contributed by atoms with Gasteiger partial charge in [-0.25, -0.2) is 4.90 Å². The van der Waals surface area contributed by atoms with Crippen LogP contribution < -0.4 is 9.80 Å². The molecule has 2 amide bonds. The molecule has 2 aliphatic heterocycles. The molecule has 2 heterocycles. The van der Waals surface area contributed by atoms with Crippen LogP contribution in [0, 0.1) is 13.8 Å². The number of amides is 2. The van der Waals surface area contributed by atoms with Gasteiger partial charge in [0.05, 0.1) is 11.3 Å². The predicted molar refractivity (Wildman–Crippen MR) is 117 cm³/mol. The second-order valence-electron chi connectivity index (χ2n) is 8.07. The maximum Gasteiger partial charge on any atom is 0.282 e. The van der Waals surface area contributed by atoms with Gasteiger partial charge in [-0.3, -0.25) is 9.59 Å². The zero-order valence-corrected chi connectivity index (χ0v) is 17.5. The molecule has 29 heavy (non-hydrogen) atoms. The van der Waals surface area contributed by atoms with Crippen LogP contribution in [0.2, 0.25) is 0 Å². The number of carbonyl (C=O) groups is 2. The summed E-state index contributed by atoms with van der Waals surface area (Å²) < 4.78 is 0. The normalized spacial score (nSPS) is 17.0. The van der Waals surface area contributed by atoms with Gasteiger partial charge in [-0.2, -0.15) is 0 Å². The SMILES string of the molecule is Cc1ccc(C2=C(N3CCCC3)C(=O)N(c3ccc(N(C)C)cc3)C2=O)cc1C. The third kappa shape index (κ3) is 3.31. The summed E-state index contributed by atoms with van der Waals surface area (Å²) in [6.07, 6.45) is 2.09. The van der Waals surface area contributed by atoms with Crippen molar-refractivity contribution in [1.29, 1.82) is 0 Å². The van der Waals surface area contributed by atoms with Gasteiger partial charge in [0.1, 0.15) is 5.70 Å². The van der Waals surface area contributed by atoms with Gasteiger partial charge >= 0.3 is 0 Å². The molecule has 2 aromatic carbocycles. The molecule has 0 bridgehead atoms. The molecule has 1 saturated heterocycles. The highest BCUT2D eigenvalue weighted by Crippen LogP contribution is 2.37. The Bertz CT molecular complexity index is 999. The van der Waals surface area contributed by atoms with E-state index in [2.05, 4.69) is 11.8 Å². The number of nitrogens with zero attached hydrogens (tertiary/aromatic N) is 3. The molecule has 0 spiro atoms. The number of imide groups is 1. The summed E-state index contributed by atoms with van der Waals surface area (Å²) in [6.45, 7) is 5.72. The molecule has 0 N–H and O–H groups in total.